The van der Waals surface area contributed by atoms with Gasteiger partial charge in [-0.1, -0.05) is 27.7 Å². The fourth-order valence-corrected chi connectivity index (χ4v) is 2.31. The molecule has 0 heterocycles. The zero-order chi connectivity index (χ0) is 13.4. The second-order valence-electron chi connectivity index (χ2n) is 4.78. The second-order valence-corrected chi connectivity index (χ2v) is 6.16. The number of benzene rings is 1. The number of nitrogens with two attached hydrogens (primary N) is 1. The molecular weight excluding hydrogens is 261 g/mol. The molecule has 0 spiro atoms. The summed E-state index contributed by atoms with van der Waals surface area (Å²) in [5.41, 5.74) is 8.01. The minimum atomic E-state index is -4.44. The van der Waals surface area contributed by atoms with Crippen LogP contribution in [-0.2, 0) is 10.1 Å². The number of rotatable bonds is 3. The molecule has 1 rings (SSSR count). The quantitative estimate of drug-likeness (QED) is 0.456. The Balaban J connectivity index is 0.00000289. The minimum Gasteiger partial charge on any atom is -0.744 e. The summed E-state index contributed by atoms with van der Waals surface area (Å²) in [6, 6.07) is 2.77. The first-order chi connectivity index (χ1) is 7.64. The van der Waals surface area contributed by atoms with E-state index in [1.54, 1.807) is 0 Å². The summed E-state index contributed by atoms with van der Waals surface area (Å²) in [6.07, 6.45) is 0. The van der Waals surface area contributed by atoms with Gasteiger partial charge in [0.1, 0.15) is 10.1 Å². The molecule has 0 aliphatic heterocycles. The van der Waals surface area contributed by atoms with E-state index in [0.717, 1.165) is 0 Å². The molecular formula is C12H18NNaO3S. The molecule has 0 aliphatic rings. The summed E-state index contributed by atoms with van der Waals surface area (Å²) < 4.78 is 33.3. The van der Waals surface area contributed by atoms with Crippen LogP contribution in [0.4, 0.5) is 5.69 Å². The van der Waals surface area contributed by atoms with Crippen molar-refractivity contribution >= 4 is 15.8 Å². The molecule has 18 heavy (non-hydrogen) atoms. The van der Waals surface area contributed by atoms with Gasteiger partial charge in [0.2, 0.25) is 0 Å². The zero-order valence-corrected chi connectivity index (χ0v) is 14.3. The molecule has 0 bridgehead atoms. The Bertz CT molecular complexity index is 495. The summed E-state index contributed by atoms with van der Waals surface area (Å²) >= 11 is 0. The van der Waals surface area contributed by atoms with Gasteiger partial charge in [0, 0.05) is 5.69 Å². The van der Waals surface area contributed by atoms with Gasteiger partial charge in [-0.3, -0.25) is 0 Å². The maximum Gasteiger partial charge on any atom is 1.00 e. The zero-order valence-electron chi connectivity index (χ0n) is 11.5. The molecule has 96 valence electrons. The first-order valence-electron chi connectivity index (χ1n) is 5.53. The van der Waals surface area contributed by atoms with Gasteiger partial charge in [-0.15, -0.1) is 0 Å². The van der Waals surface area contributed by atoms with E-state index >= 15 is 0 Å². The molecule has 0 radical (unpaired) electrons. The van der Waals surface area contributed by atoms with Crippen LogP contribution in [0.2, 0.25) is 0 Å². The molecule has 0 aliphatic carbocycles. The summed E-state index contributed by atoms with van der Waals surface area (Å²) in [7, 11) is -4.44. The van der Waals surface area contributed by atoms with Gasteiger partial charge in [-0.2, -0.15) is 0 Å². The van der Waals surface area contributed by atoms with E-state index in [4.69, 9.17) is 5.73 Å². The molecule has 2 N–H and O–H groups in total. The van der Waals surface area contributed by atoms with Crippen molar-refractivity contribution in [2.45, 2.75) is 44.4 Å². The molecule has 0 saturated heterocycles. The topological polar surface area (TPSA) is 83.2 Å². The predicted octanol–water partition coefficient (Wildman–Crippen LogP) is -0.576. The largest absolute Gasteiger partial charge is 1.00 e. The molecule has 0 amide bonds. The van der Waals surface area contributed by atoms with Crippen molar-refractivity contribution in [3.8, 4) is 0 Å². The minimum absolute atomic E-state index is 0. The molecule has 0 fully saturated rings. The summed E-state index contributed by atoms with van der Waals surface area (Å²) in [5.74, 6) is 0.156. The van der Waals surface area contributed by atoms with Crippen LogP contribution in [0.1, 0.15) is 50.7 Å². The van der Waals surface area contributed by atoms with Crippen LogP contribution in [0.3, 0.4) is 0 Å². The number of hydrogen-bond acceptors (Lipinski definition) is 4. The standard InChI is InChI=1S/C12H19NO3S.Na/c1-7(2)10-5-9(17(14,15)16)6-11(8(3)4)12(10)13;/h5-8H,13H2,1-4H3,(H,14,15,16);/q;+1/p-1. The number of nitrogen functional groups attached to an aromatic ring is 1. The first kappa shape index (κ1) is 17.9. The van der Waals surface area contributed by atoms with Crippen LogP contribution in [-0.4, -0.2) is 13.0 Å². The average Bonchev–Trinajstić information content (AvgIpc) is 2.14. The first-order valence-corrected chi connectivity index (χ1v) is 6.94. The third-order valence-electron chi connectivity index (χ3n) is 2.75. The Labute approximate surface area is 131 Å². The molecule has 0 saturated carbocycles. The van der Waals surface area contributed by atoms with E-state index < -0.39 is 10.1 Å². The van der Waals surface area contributed by atoms with Crippen LogP contribution in [0.25, 0.3) is 0 Å². The smallest absolute Gasteiger partial charge is 0.744 e. The van der Waals surface area contributed by atoms with Crippen molar-refractivity contribution in [3.05, 3.63) is 23.3 Å². The third-order valence-corrected chi connectivity index (χ3v) is 3.56. The molecule has 0 unspecified atom stereocenters. The SMILES string of the molecule is CC(C)c1cc(S(=O)(=O)[O-])cc(C(C)C)c1N.[Na+]. The van der Waals surface area contributed by atoms with Gasteiger partial charge in [-0.05, 0) is 35.1 Å². The van der Waals surface area contributed by atoms with E-state index in [-0.39, 0.29) is 46.3 Å². The Hall–Kier alpha value is -0.0700. The normalized spacial score (nSPS) is 11.7. The van der Waals surface area contributed by atoms with Crippen LogP contribution in [0.5, 0.6) is 0 Å². The summed E-state index contributed by atoms with van der Waals surface area (Å²) in [6.45, 7) is 7.65. The van der Waals surface area contributed by atoms with Crippen molar-refractivity contribution in [1.29, 1.82) is 0 Å². The van der Waals surface area contributed by atoms with Crippen LogP contribution in [0.15, 0.2) is 17.0 Å². The van der Waals surface area contributed by atoms with E-state index in [9.17, 15) is 13.0 Å². The van der Waals surface area contributed by atoms with Gasteiger partial charge >= 0.3 is 29.6 Å². The average molecular weight is 279 g/mol. The molecule has 1 aromatic carbocycles. The van der Waals surface area contributed by atoms with Crippen molar-refractivity contribution in [2.75, 3.05) is 5.73 Å². The van der Waals surface area contributed by atoms with Crippen LogP contribution < -0.4 is 35.3 Å². The fourth-order valence-electron chi connectivity index (χ4n) is 1.77. The van der Waals surface area contributed by atoms with Gasteiger partial charge in [0.05, 0.1) is 4.90 Å². The van der Waals surface area contributed by atoms with E-state index in [1.165, 1.54) is 12.1 Å². The molecule has 4 nitrogen and oxygen atoms in total. The molecule has 0 aromatic heterocycles. The van der Waals surface area contributed by atoms with Gasteiger partial charge in [0.15, 0.2) is 0 Å². The van der Waals surface area contributed by atoms with Gasteiger partial charge in [-0.25, -0.2) is 8.42 Å². The predicted molar refractivity (Wildman–Crippen MR) is 67.0 cm³/mol. The van der Waals surface area contributed by atoms with E-state index in [1.807, 2.05) is 27.7 Å². The fraction of sp³-hybridized carbons (Fsp3) is 0.500. The number of hydrogen-bond donors (Lipinski definition) is 1. The van der Waals surface area contributed by atoms with Gasteiger partial charge < -0.3 is 10.3 Å². The van der Waals surface area contributed by atoms with Gasteiger partial charge in [0.25, 0.3) is 0 Å². The Morgan fingerprint density at radius 1 is 1.06 bits per heavy atom. The molecule has 6 heteroatoms. The monoisotopic (exact) mass is 279 g/mol. The van der Waals surface area contributed by atoms with E-state index in [0.29, 0.717) is 16.8 Å². The maximum absolute atomic E-state index is 11.1. The molecule has 1 aromatic rings. The third kappa shape index (κ3) is 3.96. The number of anilines is 1. The Morgan fingerprint density at radius 3 is 1.61 bits per heavy atom. The Kier molecular flexibility index (Phi) is 6.36. The van der Waals surface area contributed by atoms with Crippen LogP contribution in [0, 0.1) is 0 Å². The second kappa shape index (κ2) is 6.39. The van der Waals surface area contributed by atoms with Crippen molar-refractivity contribution in [3.63, 3.8) is 0 Å². The maximum atomic E-state index is 11.1. The Morgan fingerprint density at radius 2 is 1.39 bits per heavy atom. The molecule has 0 atom stereocenters. The van der Waals surface area contributed by atoms with Crippen molar-refractivity contribution in [1.82, 2.24) is 0 Å². The van der Waals surface area contributed by atoms with Crippen molar-refractivity contribution in [2.24, 2.45) is 0 Å². The van der Waals surface area contributed by atoms with Crippen LogP contribution >= 0.6 is 0 Å². The summed E-state index contributed by atoms with van der Waals surface area (Å²) in [4.78, 5) is -0.195. The van der Waals surface area contributed by atoms with E-state index in [2.05, 4.69) is 0 Å². The van der Waals surface area contributed by atoms with Crippen molar-refractivity contribution < 1.29 is 42.5 Å². The summed E-state index contributed by atoms with van der Waals surface area (Å²) in [5, 5.41) is 0.